The van der Waals surface area contributed by atoms with Gasteiger partial charge in [-0.1, -0.05) is 55.7 Å². The van der Waals surface area contributed by atoms with Gasteiger partial charge in [0.15, 0.2) is 0 Å². The minimum atomic E-state index is -0.806. The zero-order chi connectivity index (χ0) is 24.7. The molecule has 1 saturated carbocycles. The summed E-state index contributed by atoms with van der Waals surface area (Å²) in [6, 6.07) is 18.8. The molecule has 0 bridgehead atoms. The number of nitrogens with zero attached hydrogens (tertiary/aromatic N) is 3. The Labute approximate surface area is 204 Å². The number of amides is 2. The molecule has 0 aliphatic heterocycles. The van der Waals surface area contributed by atoms with Crippen molar-refractivity contribution in [1.82, 2.24) is 15.3 Å². The molecule has 1 aliphatic carbocycles. The first-order chi connectivity index (χ1) is 17.0. The maximum absolute atomic E-state index is 12.9. The first-order valence-corrected chi connectivity index (χ1v) is 11.7. The van der Waals surface area contributed by atoms with E-state index in [-0.39, 0.29) is 18.3 Å². The van der Waals surface area contributed by atoms with Gasteiger partial charge in [-0.15, -0.1) is 0 Å². The number of aryl methyl sites for hydroxylation is 1. The summed E-state index contributed by atoms with van der Waals surface area (Å²) in [6.45, 7) is 0. The monoisotopic (exact) mass is 469 g/mol. The van der Waals surface area contributed by atoms with E-state index >= 15 is 0 Å². The average Bonchev–Trinajstić information content (AvgIpc) is 2.89. The largest absolute Gasteiger partial charge is 0.481 e. The Morgan fingerprint density at radius 1 is 0.971 bits per heavy atom. The number of anilines is 1. The number of hydrogen-bond acceptors (Lipinski definition) is 5. The number of aliphatic carboxylic acids is 1. The molecule has 1 heterocycles. The van der Waals surface area contributed by atoms with Gasteiger partial charge < -0.3 is 15.7 Å². The first-order valence-electron chi connectivity index (χ1n) is 11.7. The maximum Gasteiger partial charge on any atom is 0.319 e. The van der Waals surface area contributed by atoms with Crippen molar-refractivity contribution < 1.29 is 14.7 Å². The Bertz CT molecular complexity index is 1230. The van der Waals surface area contributed by atoms with Crippen LogP contribution in [0.15, 0.2) is 60.8 Å². The quantitative estimate of drug-likeness (QED) is 0.446. The number of rotatable bonds is 7. The van der Waals surface area contributed by atoms with Gasteiger partial charge in [0.2, 0.25) is 5.82 Å². The molecule has 2 aromatic carbocycles. The van der Waals surface area contributed by atoms with Gasteiger partial charge >= 0.3 is 12.0 Å². The Balaban J connectivity index is 1.43. The van der Waals surface area contributed by atoms with Crippen LogP contribution in [0.4, 0.5) is 10.5 Å². The fourth-order valence-electron chi connectivity index (χ4n) is 4.52. The van der Waals surface area contributed by atoms with E-state index in [1.807, 2.05) is 54.6 Å². The van der Waals surface area contributed by atoms with Gasteiger partial charge in [-0.2, -0.15) is 5.26 Å². The topological polar surface area (TPSA) is 128 Å². The third-order valence-corrected chi connectivity index (χ3v) is 6.36. The fraction of sp³-hybridized carbons (Fsp3) is 0.296. The van der Waals surface area contributed by atoms with Crippen molar-refractivity contribution >= 4 is 17.7 Å². The summed E-state index contributed by atoms with van der Waals surface area (Å²) in [5.41, 5.74) is 3.69. The summed E-state index contributed by atoms with van der Waals surface area (Å²) in [5.74, 6) is -0.709. The molecule has 1 fully saturated rings. The van der Waals surface area contributed by atoms with Gasteiger partial charge in [-0.05, 0) is 54.2 Å². The van der Waals surface area contributed by atoms with Crippen LogP contribution in [-0.2, 0) is 16.8 Å². The van der Waals surface area contributed by atoms with E-state index in [2.05, 4.69) is 20.6 Å². The highest BCUT2D eigenvalue weighted by Gasteiger charge is 2.37. The van der Waals surface area contributed by atoms with Crippen LogP contribution in [0.1, 0.15) is 55.6 Å². The molecule has 0 radical (unpaired) electrons. The fourth-order valence-corrected chi connectivity index (χ4v) is 4.52. The number of carbonyl (C=O) groups excluding carboxylic acids is 1. The normalized spacial score (nSPS) is 14.5. The molecule has 0 spiro atoms. The summed E-state index contributed by atoms with van der Waals surface area (Å²) >= 11 is 0. The lowest BCUT2D eigenvalue weighted by molar-refractivity contribution is -0.136. The van der Waals surface area contributed by atoms with Gasteiger partial charge in [0, 0.05) is 18.3 Å². The standard InChI is InChI=1S/C27H27N5O3/c28-18-24-29-17-14-23(31-24)27(15-2-1-3-16-27)32-26(35)30-22-11-9-21(10-12-22)20-7-4-19(5-8-20)6-13-25(33)34/h4-5,7-12,14,17H,1-3,6,13,15-16H2,(H,33,34)(H2,30,32,35). The Morgan fingerprint density at radius 2 is 1.63 bits per heavy atom. The van der Waals surface area contributed by atoms with Crippen molar-refractivity contribution in [3.05, 3.63) is 77.9 Å². The van der Waals surface area contributed by atoms with Crippen LogP contribution in [0, 0.1) is 11.3 Å². The number of hydrogen-bond donors (Lipinski definition) is 3. The van der Waals surface area contributed by atoms with Crippen LogP contribution in [-0.4, -0.2) is 27.1 Å². The SMILES string of the molecule is N#Cc1nccc(C2(NC(=O)Nc3ccc(-c4ccc(CCC(=O)O)cc4)cc3)CCCCC2)n1. The number of carboxylic acid groups (broad SMARTS) is 1. The van der Waals surface area contributed by atoms with Crippen LogP contribution in [0.3, 0.4) is 0 Å². The zero-order valence-corrected chi connectivity index (χ0v) is 19.3. The second kappa shape index (κ2) is 10.8. The smallest absolute Gasteiger partial charge is 0.319 e. The molecule has 8 nitrogen and oxygen atoms in total. The van der Waals surface area contributed by atoms with Crippen LogP contribution in [0.25, 0.3) is 11.1 Å². The third kappa shape index (κ3) is 6.01. The predicted octanol–water partition coefficient (Wildman–Crippen LogP) is 5.01. The van der Waals surface area contributed by atoms with E-state index in [0.29, 0.717) is 17.8 Å². The average molecular weight is 470 g/mol. The van der Waals surface area contributed by atoms with Crippen molar-refractivity contribution in [2.45, 2.75) is 50.5 Å². The van der Waals surface area contributed by atoms with E-state index in [1.54, 1.807) is 12.3 Å². The van der Waals surface area contributed by atoms with Gasteiger partial charge in [0.05, 0.1) is 11.2 Å². The van der Waals surface area contributed by atoms with Crippen LogP contribution < -0.4 is 10.6 Å². The lowest BCUT2D eigenvalue weighted by Crippen LogP contribution is -2.49. The molecule has 0 unspecified atom stereocenters. The lowest BCUT2D eigenvalue weighted by atomic mass is 9.79. The van der Waals surface area contributed by atoms with Crippen molar-refractivity contribution in [3.63, 3.8) is 0 Å². The van der Waals surface area contributed by atoms with Gasteiger partial charge in [-0.3, -0.25) is 4.79 Å². The van der Waals surface area contributed by atoms with Gasteiger partial charge in [0.1, 0.15) is 6.07 Å². The van der Waals surface area contributed by atoms with E-state index < -0.39 is 11.5 Å². The maximum atomic E-state index is 12.9. The van der Waals surface area contributed by atoms with Crippen molar-refractivity contribution in [3.8, 4) is 17.2 Å². The molecule has 0 saturated heterocycles. The molecule has 1 aliphatic rings. The molecule has 1 aromatic heterocycles. The molecule has 0 atom stereocenters. The molecule has 3 N–H and O–H groups in total. The first kappa shape index (κ1) is 23.9. The Kier molecular flexibility index (Phi) is 7.36. The molecular weight excluding hydrogens is 442 g/mol. The summed E-state index contributed by atoms with van der Waals surface area (Å²) in [7, 11) is 0. The number of benzene rings is 2. The molecule has 178 valence electrons. The summed E-state index contributed by atoms with van der Waals surface area (Å²) < 4.78 is 0. The number of aromatic nitrogens is 2. The van der Waals surface area contributed by atoms with Crippen LogP contribution in [0.2, 0.25) is 0 Å². The lowest BCUT2D eigenvalue weighted by Gasteiger charge is -2.37. The molecule has 2 amide bonds. The molecule has 8 heteroatoms. The summed E-state index contributed by atoms with van der Waals surface area (Å²) in [5, 5.41) is 24.1. The second-order valence-corrected chi connectivity index (χ2v) is 8.77. The highest BCUT2D eigenvalue weighted by Crippen LogP contribution is 2.36. The number of carbonyl (C=O) groups is 2. The molecule has 4 rings (SSSR count). The van der Waals surface area contributed by atoms with E-state index in [9.17, 15) is 14.9 Å². The van der Waals surface area contributed by atoms with Crippen molar-refractivity contribution in [1.29, 1.82) is 5.26 Å². The Hall–Kier alpha value is -4.25. The van der Waals surface area contributed by atoms with Crippen LogP contribution in [0.5, 0.6) is 0 Å². The Morgan fingerprint density at radius 3 is 2.26 bits per heavy atom. The number of urea groups is 1. The molecule has 35 heavy (non-hydrogen) atoms. The highest BCUT2D eigenvalue weighted by atomic mass is 16.4. The predicted molar refractivity (Wildman–Crippen MR) is 131 cm³/mol. The minimum absolute atomic E-state index is 0.0974. The number of nitrogens with one attached hydrogen (secondary N) is 2. The van der Waals surface area contributed by atoms with E-state index in [4.69, 9.17) is 5.11 Å². The van der Waals surface area contributed by atoms with Gasteiger partial charge in [0.25, 0.3) is 0 Å². The third-order valence-electron chi connectivity index (χ3n) is 6.36. The number of nitriles is 1. The summed E-state index contributed by atoms with van der Waals surface area (Å²) in [4.78, 5) is 32.0. The van der Waals surface area contributed by atoms with E-state index in [0.717, 1.165) is 48.8 Å². The molecular formula is C27H27N5O3. The van der Waals surface area contributed by atoms with Crippen LogP contribution >= 0.6 is 0 Å². The number of carboxylic acids is 1. The summed E-state index contributed by atoms with van der Waals surface area (Å²) in [6.07, 6.45) is 6.72. The second-order valence-electron chi connectivity index (χ2n) is 8.77. The van der Waals surface area contributed by atoms with Gasteiger partial charge in [-0.25, -0.2) is 14.8 Å². The molecule has 3 aromatic rings. The highest BCUT2D eigenvalue weighted by molar-refractivity contribution is 5.90. The zero-order valence-electron chi connectivity index (χ0n) is 19.3. The van der Waals surface area contributed by atoms with E-state index in [1.165, 1.54) is 0 Å². The van der Waals surface area contributed by atoms with Crippen molar-refractivity contribution in [2.24, 2.45) is 0 Å². The minimum Gasteiger partial charge on any atom is -0.481 e. The van der Waals surface area contributed by atoms with Crippen molar-refractivity contribution in [2.75, 3.05) is 5.32 Å².